The number of carbonyl (C=O) groups is 2. The molecule has 4 N–H and O–H groups in total. The van der Waals surface area contributed by atoms with Gasteiger partial charge in [0.05, 0.1) is 12.5 Å². The molecule has 0 spiro atoms. The standard InChI is InChI=1S/C17H24FN3O2/c18-14-10-6-5-9-13(14)15(21-17(19)23)11-16(22)20-12-7-3-1-2-4-8-12/h5-6,9-10,12,15H,1-4,7-8,11H2,(H,20,22)(H3,19,21,23). The van der Waals surface area contributed by atoms with Gasteiger partial charge in [0.15, 0.2) is 0 Å². The molecular weight excluding hydrogens is 297 g/mol. The molecule has 0 bridgehead atoms. The summed E-state index contributed by atoms with van der Waals surface area (Å²) in [6.07, 6.45) is 6.54. The highest BCUT2D eigenvalue weighted by Crippen LogP contribution is 2.21. The van der Waals surface area contributed by atoms with E-state index < -0.39 is 17.9 Å². The normalized spacial score (nSPS) is 17.1. The average molecular weight is 321 g/mol. The molecule has 6 heteroatoms. The first-order valence-corrected chi connectivity index (χ1v) is 8.16. The number of hydrogen-bond acceptors (Lipinski definition) is 2. The topological polar surface area (TPSA) is 84.2 Å². The third kappa shape index (κ3) is 5.54. The summed E-state index contributed by atoms with van der Waals surface area (Å²) in [4.78, 5) is 23.4. The highest BCUT2D eigenvalue weighted by atomic mass is 19.1. The van der Waals surface area contributed by atoms with Crippen LogP contribution in [0, 0.1) is 5.82 Å². The molecule has 126 valence electrons. The fourth-order valence-corrected chi connectivity index (χ4v) is 3.06. The molecule has 3 amide bonds. The summed E-state index contributed by atoms with van der Waals surface area (Å²) in [5.41, 5.74) is 5.42. The zero-order valence-corrected chi connectivity index (χ0v) is 13.2. The molecule has 0 heterocycles. The first kappa shape index (κ1) is 17.2. The van der Waals surface area contributed by atoms with E-state index >= 15 is 0 Å². The summed E-state index contributed by atoms with van der Waals surface area (Å²) < 4.78 is 13.9. The maximum atomic E-state index is 13.9. The molecule has 1 aliphatic carbocycles. The van der Waals surface area contributed by atoms with E-state index in [0.717, 1.165) is 25.7 Å². The van der Waals surface area contributed by atoms with Crippen LogP contribution >= 0.6 is 0 Å². The van der Waals surface area contributed by atoms with Gasteiger partial charge in [-0.3, -0.25) is 4.79 Å². The van der Waals surface area contributed by atoms with Crippen molar-refractivity contribution in [1.82, 2.24) is 10.6 Å². The largest absolute Gasteiger partial charge is 0.353 e. The van der Waals surface area contributed by atoms with Gasteiger partial charge in [0.25, 0.3) is 0 Å². The number of urea groups is 1. The molecule has 1 fully saturated rings. The number of hydrogen-bond donors (Lipinski definition) is 3. The SMILES string of the molecule is NC(=O)NC(CC(=O)NC1CCCCCC1)c1ccccc1F. The van der Waals surface area contributed by atoms with Crippen LogP contribution in [-0.2, 0) is 4.79 Å². The van der Waals surface area contributed by atoms with Crippen LogP contribution in [-0.4, -0.2) is 18.0 Å². The van der Waals surface area contributed by atoms with E-state index in [1.54, 1.807) is 18.2 Å². The number of amides is 3. The van der Waals surface area contributed by atoms with Crippen molar-refractivity contribution in [3.05, 3.63) is 35.6 Å². The van der Waals surface area contributed by atoms with Crippen molar-refractivity contribution in [2.24, 2.45) is 5.73 Å². The van der Waals surface area contributed by atoms with Crippen LogP contribution in [0.1, 0.15) is 56.6 Å². The van der Waals surface area contributed by atoms with Crippen LogP contribution in [0.3, 0.4) is 0 Å². The number of nitrogens with two attached hydrogens (primary N) is 1. The first-order chi connectivity index (χ1) is 11.1. The molecular formula is C17H24FN3O2. The summed E-state index contributed by atoms with van der Waals surface area (Å²) in [5, 5.41) is 5.45. The number of halogens is 1. The number of nitrogens with one attached hydrogen (secondary N) is 2. The van der Waals surface area contributed by atoms with Gasteiger partial charge in [-0.2, -0.15) is 0 Å². The van der Waals surface area contributed by atoms with Gasteiger partial charge in [0, 0.05) is 11.6 Å². The Kier molecular flexibility index (Phi) is 6.38. The first-order valence-electron chi connectivity index (χ1n) is 8.16. The Morgan fingerprint density at radius 3 is 2.43 bits per heavy atom. The van der Waals surface area contributed by atoms with E-state index in [-0.39, 0.29) is 23.9 Å². The van der Waals surface area contributed by atoms with Crippen LogP contribution in [0.2, 0.25) is 0 Å². The second kappa shape index (κ2) is 8.50. The molecule has 1 aromatic rings. The molecule has 1 unspecified atom stereocenters. The molecule has 23 heavy (non-hydrogen) atoms. The Balaban J connectivity index is 2.00. The molecule has 5 nitrogen and oxygen atoms in total. The molecule has 1 atom stereocenters. The van der Waals surface area contributed by atoms with Gasteiger partial charge in [-0.25, -0.2) is 9.18 Å². The van der Waals surface area contributed by atoms with E-state index in [9.17, 15) is 14.0 Å². The minimum absolute atomic E-state index is 0.0274. The highest BCUT2D eigenvalue weighted by Gasteiger charge is 2.22. The van der Waals surface area contributed by atoms with Crippen molar-refractivity contribution in [2.75, 3.05) is 0 Å². The summed E-state index contributed by atoms with van der Waals surface area (Å²) in [6.45, 7) is 0. The zero-order chi connectivity index (χ0) is 16.7. The Hall–Kier alpha value is -2.11. The third-order valence-corrected chi connectivity index (χ3v) is 4.21. The summed E-state index contributed by atoms with van der Waals surface area (Å²) in [7, 11) is 0. The highest BCUT2D eigenvalue weighted by molar-refractivity contribution is 5.79. The lowest BCUT2D eigenvalue weighted by Gasteiger charge is -2.21. The van der Waals surface area contributed by atoms with Gasteiger partial charge in [0.2, 0.25) is 5.91 Å². The third-order valence-electron chi connectivity index (χ3n) is 4.21. The maximum absolute atomic E-state index is 13.9. The average Bonchev–Trinajstić information content (AvgIpc) is 2.75. The molecule has 1 aliphatic rings. The van der Waals surface area contributed by atoms with Crippen LogP contribution < -0.4 is 16.4 Å². The summed E-state index contributed by atoms with van der Waals surface area (Å²) >= 11 is 0. The lowest BCUT2D eigenvalue weighted by molar-refractivity contribution is -0.122. The zero-order valence-electron chi connectivity index (χ0n) is 13.2. The summed E-state index contributed by atoms with van der Waals surface area (Å²) in [6, 6.07) is 4.70. The van der Waals surface area contributed by atoms with E-state index in [2.05, 4.69) is 10.6 Å². The van der Waals surface area contributed by atoms with E-state index in [1.165, 1.54) is 18.9 Å². The van der Waals surface area contributed by atoms with Gasteiger partial charge >= 0.3 is 6.03 Å². The number of carbonyl (C=O) groups excluding carboxylic acids is 2. The van der Waals surface area contributed by atoms with Crippen molar-refractivity contribution in [2.45, 2.75) is 57.0 Å². The van der Waals surface area contributed by atoms with Crippen molar-refractivity contribution >= 4 is 11.9 Å². The van der Waals surface area contributed by atoms with Crippen molar-refractivity contribution in [3.63, 3.8) is 0 Å². The van der Waals surface area contributed by atoms with Crippen LogP contribution in [0.5, 0.6) is 0 Å². The predicted octanol–water partition coefficient (Wildman–Crippen LogP) is 2.76. The van der Waals surface area contributed by atoms with Gasteiger partial charge in [0.1, 0.15) is 5.82 Å². The van der Waals surface area contributed by atoms with Gasteiger partial charge in [-0.1, -0.05) is 43.9 Å². The lowest BCUT2D eigenvalue weighted by Crippen LogP contribution is -2.40. The van der Waals surface area contributed by atoms with E-state index in [1.807, 2.05) is 0 Å². The monoisotopic (exact) mass is 321 g/mol. The van der Waals surface area contributed by atoms with Crippen molar-refractivity contribution in [3.8, 4) is 0 Å². The summed E-state index contributed by atoms with van der Waals surface area (Å²) in [5.74, 6) is -0.660. The molecule has 0 aliphatic heterocycles. The molecule has 0 aromatic heterocycles. The lowest BCUT2D eigenvalue weighted by atomic mass is 10.0. The molecule has 1 aromatic carbocycles. The minimum Gasteiger partial charge on any atom is -0.353 e. The predicted molar refractivity (Wildman–Crippen MR) is 86.1 cm³/mol. The Bertz CT molecular complexity index is 542. The minimum atomic E-state index is -0.777. The Labute approximate surface area is 135 Å². The molecule has 1 saturated carbocycles. The van der Waals surface area contributed by atoms with Gasteiger partial charge < -0.3 is 16.4 Å². The fourth-order valence-electron chi connectivity index (χ4n) is 3.06. The molecule has 0 saturated heterocycles. The van der Waals surface area contributed by atoms with Crippen LogP contribution in [0.15, 0.2) is 24.3 Å². The number of benzene rings is 1. The molecule has 0 radical (unpaired) electrons. The Morgan fingerprint density at radius 2 is 1.83 bits per heavy atom. The van der Waals surface area contributed by atoms with Crippen molar-refractivity contribution in [1.29, 1.82) is 0 Å². The van der Waals surface area contributed by atoms with E-state index in [4.69, 9.17) is 5.73 Å². The van der Waals surface area contributed by atoms with Gasteiger partial charge in [-0.15, -0.1) is 0 Å². The number of rotatable bonds is 5. The second-order valence-corrected chi connectivity index (χ2v) is 6.04. The molecule has 2 rings (SSSR count). The smallest absolute Gasteiger partial charge is 0.312 e. The number of primary amides is 1. The Morgan fingerprint density at radius 1 is 1.17 bits per heavy atom. The maximum Gasteiger partial charge on any atom is 0.312 e. The fraction of sp³-hybridized carbons (Fsp3) is 0.529. The van der Waals surface area contributed by atoms with Crippen molar-refractivity contribution < 1.29 is 14.0 Å². The quantitative estimate of drug-likeness (QED) is 0.729. The van der Waals surface area contributed by atoms with E-state index in [0.29, 0.717) is 0 Å². The van der Waals surface area contributed by atoms with Crippen LogP contribution in [0.25, 0.3) is 0 Å². The van der Waals surface area contributed by atoms with Crippen LogP contribution in [0.4, 0.5) is 9.18 Å². The van der Waals surface area contributed by atoms with Gasteiger partial charge in [-0.05, 0) is 18.9 Å². The second-order valence-electron chi connectivity index (χ2n) is 6.04.